The summed E-state index contributed by atoms with van der Waals surface area (Å²) in [6, 6.07) is 7.61. The molecule has 0 amide bonds. The maximum atomic E-state index is 12.2. The second-order valence-corrected chi connectivity index (χ2v) is 5.56. The van der Waals surface area contributed by atoms with Gasteiger partial charge in [-0.05, 0) is 25.3 Å². The number of Topliss-reactive ketones (excluding diaryl/α,β-unsaturated/α-hetero) is 1. The Labute approximate surface area is 122 Å². The Morgan fingerprint density at radius 2 is 2.00 bits per heavy atom. The third-order valence-corrected chi connectivity index (χ3v) is 4.24. The van der Waals surface area contributed by atoms with Crippen LogP contribution in [0.2, 0.25) is 5.02 Å². The van der Waals surface area contributed by atoms with Crippen LogP contribution in [0.3, 0.4) is 0 Å². The molecule has 0 aliphatic rings. The monoisotopic (exact) mass is 294 g/mol. The zero-order valence-electron chi connectivity index (χ0n) is 11.1. The van der Waals surface area contributed by atoms with E-state index in [1.807, 2.05) is 37.4 Å². The van der Waals surface area contributed by atoms with Crippen molar-refractivity contribution in [3.8, 4) is 0 Å². The van der Waals surface area contributed by atoms with Crippen LogP contribution in [0, 0.1) is 6.92 Å². The van der Waals surface area contributed by atoms with Crippen LogP contribution in [0.5, 0.6) is 0 Å². The molecule has 5 heteroatoms. The maximum Gasteiger partial charge on any atom is 0.168 e. The van der Waals surface area contributed by atoms with E-state index in [1.165, 1.54) is 0 Å². The Bertz CT molecular complexity index is 605. The molecule has 100 valence electrons. The smallest absolute Gasteiger partial charge is 0.168 e. The first-order valence-electron chi connectivity index (χ1n) is 5.88. The van der Waals surface area contributed by atoms with Gasteiger partial charge in [-0.3, -0.25) is 9.48 Å². The molecule has 0 aliphatic carbocycles. The number of thioether (sulfide) groups is 1. The molecule has 1 aromatic carbocycles. The van der Waals surface area contributed by atoms with Gasteiger partial charge >= 0.3 is 0 Å². The van der Waals surface area contributed by atoms with E-state index in [2.05, 4.69) is 5.10 Å². The molecule has 3 nitrogen and oxygen atoms in total. The number of aromatic nitrogens is 2. The number of halogens is 1. The predicted molar refractivity (Wildman–Crippen MR) is 79.2 cm³/mol. The number of nitrogens with zero attached hydrogens (tertiary/aromatic N) is 2. The van der Waals surface area contributed by atoms with Crippen LogP contribution in [-0.4, -0.2) is 21.8 Å². The van der Waals surface area contributed by atoms with E-state index in [0.717, 1.165) is 16.3 Å². The predicted octanol–water partition coefficient (Wildman–Crippen LogP) is 3.53. The van der Waals surface area contributed by atoms with Gasteiger partial charge in [-0.25, -0.2) is 0 Å². The van der Waals surface area contributed by atoms with Crippen molar-refractivity contribution in [2.24, 2.45) is 7.05 Å². The lowest BCUT2D eigenvalue weighted by Crippen LogP contribution is -2.08. The van der Waals surface area contributed by atoms with Gasteiger partial charge in [-0.2, -0.15) is 5.10 Å². The largest absolute Gasteiger partial charge is 0.294 e. The molecule has 0 unspecified atom stereocenters. The summed E-state index contributed by atoms with van der Waals surface area (Å²) in [7, 11) is 1.80. The highest BCUT2D eigenvalue weighted by molar-refractivity contribution is 7.98. The van der Waals surface area contributed by atoms with Gasteiger partial charge in [-0.1, -0.05) is 23.7 Å². The average molecular weight is 295 g/mol. The molecule has 1 heterocycles. The molecule has 0 spiro atoms. The van der Waals surface area contributed by atoms with E-state index in [9.17, 15) is 4.79 Å². The van der Waals surface area contributed by atoms with Crippen molar-refractivity contribution in [2.75, 3.05) is 6.26 Å². The lowest BCUT2D eigenvalue weighted by atomic mass is 10.1. The third kappa shape index (κ3) is 3.01. The van der Waals surface area contributed by atoms with Crippen molar-refractivity contribution >= 4 is 29.1 Å². The summed E-state index contributed by atoms with van der Waals surface area (Å²) in [5.74, 6) is 0.0533. The number of hydrogen-bond acceptors (Lipinski definition) is 3. The van der Waals surface area contributed by atoms with Crippen LogP contribution < -0.4 is 0 Å². The molecule has 0 saturated heterocycles. The van der Waals surface area contributed by atoms with Gasteiger partial charge < -0.3 is 0 Å². The van der Waals surface area contributed by atoms with Crippen LogP contribution in [0.1, 0.15) is 21.7 Å². The molecule has 0 atom stereocenters. The van der Waals surface area contributed by atoms with Crippen LogP contribution in [-0.2, 0) is 13.5 Å². The third-order valence-electron chi connectivity index (χ3n) is 3.00. The van der Waals surface area contributed by atoms with Crippen molar-refractivity contribution in [1.29, 1.82) is 0 Å². The van der Waals surface area contributed by atoms with Gasteiger partial charge in [0, 0.05) is 17.5 Å². The number of hydrogen-bond donors (Lipinski definition) is 0. The number of aryl methyl sites for hydroxylation is 2. The fourth-order valence-electron chi connectivity index (χ4n) is 1.90. The van der Waals surface area contributed by atoms with E-state index < -0.39 is 0 Å². The summed E-state index contributed by atoms with van der Waals surface area (Å²) in [6.07, 6.45) is 2.28. The van der Waals surface area contributed by atoms with E-state index >= 15 is 0 Å². The SMILES string of the molecule is CSc1ccc(C(=O)Cc2c(Cl)c(C)nn2C)cc1. The first-order chi connectivity index (χ1) is 9.02. The zero-order valence-corrected chi connectivity index (χ0v) is 12.7. The molecule has 0 aliphatic heterocycles. The molecule has 2 aromatic rings. The standard InChI is InChI=1S/C14H15ClN2OS/c1-9-14(15)12(17(2)16-9)8-13(18)10-4-6-11(19-3)7-5-10/h4-7H,8H2,1-3H3. The van der Waals surface area contributed by atoms with Gasteiger partial charge in [-0.15, -0.1) is 11.8 Å². The lowest BCUT2D eigenvalue weighted by Gasteiger charge is -2.04. The first-order valence-corrected chi connectivity index (χ1v) is 7.48. The molecule has 19 heavy (non-hydrogen) atoms. The highest BCUT2D eigenvalue weighted by Gasteiger charge is 2.15. The maximum absolute atomic E-state index is 12.2. The molecular formula is C14H15ClN2OS. The van der Waals surface area contributed by atoms with E-state index in [-0.39, 0.29) is 12.2 Å². The summed E-state index contributed by atoms with van der Waals surface area (Å²) in [6.45, 7) is 1.84. The lowest BCUT2D eigenvalue weighted by molar-refractivity contribution is 0.0990. The summed E-state index contributed by atoms with van der Waals surface area (Å²) >= 11 is 7.81. The quantitative estimate of drug-likeness (QED) is 0.639. The van der Waals surface area contributed by atoms with Gasteiger partial charge in [0.25, 0.3) is 0 Å². The van der Waals surface area contributed by atoms with Crippen LogP contribution in [0.15, 0.2) is 29.2 Å². The first kappa shape index (κ1) is 14.2. The zero-order chi connectivity index (χ0) is 14.0. The van der Waals surface area contributed by atoms with Crippen LogP contribution in [0.4, 0.5) is 0 Å². The van der Waals surface area contributed by atoms with Crippen molar-refractivity contribution in [3.05, 3.63) is 46.2 Å². The van der Waals surface area contributed by atoms with E-state index in [1.54, 1.807) is 23.5 Å². The van der Waals surface area contributed by atoms with Crippen LogP contribution >= 0.6 is 23.4 Å². The molecule has 0 saturated carbocycles. The molecule has 0 N–H and O–H groups in total. The number of ketones is 1. The summed E-state index contributed by atoms with van der Waals surface area (Å²) in [5, 5.41) is 4.79. The Morgan fingerprint density at radius 3 is 2.47 bits per heavy atom. The Morgan fingerprint density at radius 1 is 1.37 bits per heavy atom. The van der Waals surface area contributed by atoms with E-state index in [0.29, 0.717) is 10.6 Å². The van der Waals surface area contributed by atoms with Crippen molar-refractivity contribution in [2.45, 2.75) is 18.2 Å². The highest BCUT2D eigenvalue weighted by Crippen LogP contribution is 2.22. The number of rotatable bonds is 4. The topological polar surface area (TPSA) is 34.9 Å². The van der Waals surface area contributed by atoms with Crippen molar-refractivity contribution in [3.63, 3.8) is 0 Å². The summed E-state index contributed by atoms with van der Waals surface area (Å²) in [5.41, 5.74) is 2.22. The van der Waals surface area contributed by atoms with Gasteiger partial charge in [0.15, 0.2) is 5.78 Å². The van der Waals surface area contributed by atoms with Gasteiger partial charge in [0.05, 0.1) is 22.8 Å². The molecule has 2 rings (SSSR count). The summed E-state index contributed by atoms with van der Waals surface area (Å²) in [4.78, 5) is 13.4. The molecule has 0 radical (unpaired) electrons. The van der Waals surface area contributed by atoms with Crippen molar-refractivity contribution < 1.29 is 4.79 Å². The average Bonchev–Trinajstić information content (AvgIpc) is 2.65. The Hall–Kier alpha value is -1.26. The van der Waals surface area contributed by atoms with Crippen molar-refractivity contribution in [1.82, 2.24) is 9.78 Å². The Kier molecular flexibility index (Phi) is 4.32. The Balaban J connectivity index is 2.20. The minimum absolute atomic E-state index is 0.0533. The highest BCUT2D eigenvalue weighted by atomic mass is 35.5. The van der Waals surface area contributed by atoms with Crippen LogP contribution in [0.25, 0.3) is 0 Å². The molecule has 0 bridgehead atoms. The second-order valence-electron chi connectivity index (χ2n) is 4.30. The van der Waals surface area contributed by atoms with Gasteiger partial charge in [0.1, 0.15) is 0 Å². The molecule has 0 fully saturated rings. The molecular weight excluding hydrogens is 280 g/mol. The fraction of sp³-hybridized carbons (Fsp3) is 0.286. The fourth-order valence-corrected chi connectivity index (χ4v) is 2.54. The normalized spacial score (nSPS) is 10.7. The number of benzene rings is 1. The summed E-state index contributed by atoms with van der Waals surface area (Å²) < 4.78 is 1.67. The van der Waals surface area contributed by atoms with E-state index in [4.69, 9.17) is 11.6 Å². The van der Waals surface area contributed by atoms with Gasteiger partial charge in [0.2, 0.25) is 0 Å². The minimum Gasteiger partial charge on any atom is -0.294 e. The second kappa shape index (κ2) is 5.80. The number of carbonyl (C=O) groups is 1. The minimum atomic E-state index is 0.0533. The number of carbonyl (C=O) groups excluding carboxylic acids is 1. The molecule has 1 aromatic heterocycles.